The van der Waals surface area contributed by atoms with Gasteiger partial charge in [-0.3, -0.25) is 0 Å². The van der Waals surface area contributed by atoms with E-state index in [1.54, 1.807) is 0 Å². The highest BCUT2D eigenvalue weighted by Gasteiger charge is 2.14. The largest absolute Gasteiger partial charge is 0.307 e. The lowest BCUT2D eigenvalue weighted by Crippen LogP contribution is -2.31. The van der Waals surface area contributed by atoms with Crippen molar-refractivity contribution >= 4 is 15.9 Å². The summed E-state index contributed by atoms with van der Waals surface area (Å²) in [7, 11) is 0. The van der Waals surface area contributed by atoms with Crippen LogP contribution in [0.25, 0.3) is 0 Å². The zero-order valence-electron chi connectivity index (χ0n) is 10.8. The van der Waals surface area contributed by atoms with Gasteiger partial charge in [0.1, 0.15) is 5.82 Å². The standard InChI is InChI=1S/C14H21BrFN/c1-4-6-12(5-2)17-10(3)13-8-7-11(15)9-14(13)16/h7-10,12,17H,4-6H2,1-3H3. The van der Waals surface area contributed by atoms with E-state index < -0.39 is 0 Å². The molecule has 0 aliphatic heterocycles. The van der Waals surface area contributed by atoms with Crippen molar-refractivity contribution in [3.05, 3.63) is 34.1 Å². The SMILES string of the molecule is CCCC(CC)NC(C)c1ccc(Br)cc1F. The number of hydrogen-bond donors (Lipinski definition) is 1. The van der Waals surface area contributed by atoms with Crippen molar-refractivity contribution in [3.8, 4) is 0 Å². The molecule has 0 spiro atoms. The average Bonchev–Trinajstić information content (AvgIpc) is 2.28. The van der Waals surface area contributed by atoms with E-state index in [0.29, 0.717) is 6.04 Å². The summed E-state index contributed by atoms with van der Waals surface area (Å²) in [5, 5.41) is 3.49. The maximum absolute atomic E-state index is 13.8. The van der Waals surface area contributed by atoms with Crippen molar-refractivity contribution in [2.45, 2.75) is 52.1 Å². The molecule has 1 nitrogen and oxygen atoms in total. The average molecular weight is 302 g/mol. The first-order valence-corrected chi connectivity index (χ1v) is 7.08. The van der Waals surface area contributed by atoms with Crippen LogP contribution < -0.4 is 5.32 Å². The van der Waals surface area contributed by atoms with E-state index in [2.05, 4.69) is 35.1 Å². The Hall–Kier alpha value is -0.410. The topological polar surface area (TPSA) is 12.0 Å². The minimum Gasteiger partial charge on any atom is -0.307 e. The minimum atomic E-state index is -0.147. The van der Waals surface area contributed by atoms with Crippen molar-refractivity contribution in [3.63, 3.8) is 0 Å². The Kier molecular flexibility index (Phi) is 6.14. The van der Waals surface area contributed by atoms with E-state index in [4.69, 9.17) is 0 Å². The summed E-state index contributed by atoms with van der Waals surface area (Å²) in [4.78, 5) is 0. The summed E-state index contributed by atoms with van der Waals surface area (Å²) in [6, 6.07) is 5.78. The molecule has 0 aliphatic rings. The van der Waals surface area contributed by atoms with Gasteiger partial charge in [-0.15, -0.1) is 0 Å². The van der Waals surface area contributed by atoms with Crippen molar-refractivity contribution in [1.82, 2.24) is 5.32 Å². The van der Waals surface area contributed by atoms with Gasteiger partial charge in [-0.05, 0) is 31.9 Å². The molecule has 0 aromatic heterocycles. The lowest BCUT2D eigenvalue weighted by molar-refractivity contribution is 0.408. The molecule has 0 saturated heterocycles. The Labute approximate surface area is 112 Å². The number of hydrogen-bond acceptors (Lipinski definition) is 1. The van der Waals surface area contributed by atoms with Gasteiger partial charge in [0.15, 0.2) is 0 Å². The maximum atomic E-state index is 13.8. The molecule has 3 heteroatoms. The highest BCUT2D eigenvalue weighted by atomic mass is 79.9. The zero-order chi connectivity index (χ0) is 12.8. The molecule has 1 aromatic rings. The molecular formula is C14H21BrFN. The second-order valence-electron chi connectivity index (χ2n) is 4.45. The van der Waals surface area contributed by atoms with Crippen molar-refractivity contribution in [2.24, 2.45) is 0 Å². The smallest absolute Gasteiger partial charge is 0.129 e. The van der Waals surface area contributed by atoms with Crippen molar-refractivity contribution in [1.29, 1.82) is 0 Å². The van der Waals surface area contributed by atoms with Crippen LogP contribution in [0.15, 0.2) is 22.7 Å². The molecule has 0 fully saturated rings. The van der Waals surface area contributed by atoms with Gasteiger partial charge in [0, 0.05) is 22.1 Å². The van der Waals surface area contributed by atoms with Crippen molar-refractivity contribution < 1.29 is 4.39 Å². The van der Waals surface area contributed by atoms with Crippen LogP contribution in [0.2, 0.25) is 0 Å². The third-order valence-electron chi connectivity index (χ3n) is 3.04. The molecule has 0 heterocycles. The first-order valence-electron chi connectivity index (χ1n) is 6.29. The third-order valence-corrected chi connectivity index (χ3v) is 3.54. The highest BCUT2D eigenvalue weighted by Crippen LogP contribution is 2.22. The van der Waals surface area contributed by atoms with Gasteiger partial charge >= 0.3 is 0 Å². The quantitative estimate of drug-likeness (QED) is 0.794. The van der Waals surface area contributed by atoms with E-state index in [1.165, 1.54) is 6.07 Å². The van der Waals surface area contributed by atoms with Crippen LogP contribution in [-0.2, 0) is 0 Å². The Balaban J connectivity index is 2.71. The number of benzene rings is 1. The molecule has 0 aliphatic carbocycles. The summed E-state index contributed by atoms with van der Waals surface area (Å²) in [5.41, 5.74) is 0.739. The minimum absolute atomic E-state index is 0.0552. The van der Waals surface area contributed by atoms with Crippen LogP contribution in [0.3, 0.4) is 0 Å². The molecular weight excluding hydrogens is 281 g/mol. The van der Waals surface area contributed by atoms with E-state index in [9.17, 15) is 4.39 Å². The molecule has 0 amide bonds. The Morgan fingerprint density at radius 3 is 2.59 bits per heavy atom. The number of halogens is 2. The van der Waals surface area contributed by atoms with E-state index in [1.807, 2.05) is 19.1 Å². The summed E-state index contributed by atoms with van der Waals surface area (Å²) in [5.74, 6) is -0.147. The maximum Gasteiger partial charge on any atom is 0.129 e. The summed E-state index contributed by atoms with van der Waals surface area (Å²) in [6.07, 6.45) is 3.37. The van der Waals surface area contributed by atoms with Crippen LogP contribution in [-0.4, -0.2) is 6.04 Å². The number of nitrogens with one attached hydrogen (secondary N) is 1. The summed E-state index contributed by atoms with van der Waals surface area (Å²) >= 11 is 3.27. The monoisotopic (exact) mass is 301 g/mol. The van der Waals surface area contributed by atoms with Gasteiger partial charge in [-0.2, -0.15) is 0 Å². The summed E-state index contributed by atoms with van der Waals surface area (Å²) in [6.45, 7) is 6.36. The fourth-order valence-electron chi connectivity index (χ4n) is 2.05. The lowest BCUT2D eigenvalue weighted by Gasteiger charge is -2.22. The van der Waals surface area contributed by atoms with Crippen LogP contribution in [0.1, 0.15) is 51.6 Å². The zero-order valence-corrected chi connectivity index (χ0v) is 12.3. The second kappa shape index (κ2) is 7.12. The molecule has 1 aromatic carbocycles. The van der Waals surface area contributed by atoms with Crippen molar-refractivity contribution in [2.75, 3.05) is 0 Å². The molecule has 0 bridgehead atoms. The van der Waals surface area contributed by atoms with Gasteiger partial charge < -0.3 is 5.32 Å². The predicted octanol–water partition coefficient (Wildman–Crippen LogP) is 4.82. The lowest BCUT2D eigenvalue weighted by atomic mass is 10.0. The highest BCUT2D eigenvalue weighted by molar-refractivity contribution is 9.10. The normalized spacial score (nSPS) is 14.6. The van der Waals surface area contributed by atoms with Gasteiger partial charge in [0.2, 0.25) is 0 Å². The molecule has 96 valence electrons. The predicted molar refractivity (Wildman–Crippen MR) is 74.6 cm³/mol. The molecule has 1 rings (SSSR count). The molecule has 17 heavy (non-hydrogen) atoms. The molecule has 0 saturated carbocycles. The number of rotatable bonds is 6. The first-order chi connectivity index (χ1) is 8.08. The Bertz CT molecular complexity index is 354. The van der Waals surface area contributed by atoms with E-state index >= 15 is 0 Å². The Morgan fingerprint density at radius 1 is 1.35 bits per heavy atom. The van der Waals surface area contributed by atoms with Crippen LogP contribution in [0, 0.1) is 5.82 Å². The fraction of sp³-hybridized carbons (Fsp3) is 0.571. The van der Waals surface area contributed by atoms with E-state index in [0.717, 1.165) is 29.3 Å². The first kappa shape index (κ1) is 14.7. The summed E-state index contributed by atoms with van der Waals surface area (Å²) < 4.78 is 14.6. The molecule has 2 atom stereocenters. The second-order valence-corrected chi connectivity index (χ2v) is 5.36. The van der Waals surface area contributed by atoms with Gasteiger partial charge in [0.25, 0.3) is 0 Å². The van der Waals surface area contributed by atoms with Crippen LogP contribution >= 0.6 is 15.9 Å². The van der Waals surface area contributed by atoms with Crippen LogP contribution in [0.5, 0.6) is 0 Å². The van der Waals surface area contributed by atoms with Gasteiger partial charge in [-0.1, -0.05) is 42.3 Å². The molecule has 2 unspecified atom stereocenters. The Morgan fingerprint density at radius 2 is 2.06 bits per heavy atom. The molecule has 1 N–H and O–H groups in total. The third kappa shape index (κ3) is 4.40. The van der Waals surface area contributed by atoms with Gasteiger partial charge in [0.05, 0.1) is 0 Å². The van der Waals surface area contributed by atoms with Crippen LogP contribution in [0.4, 0.5) is 4.39 Å². The van der Waals surface area contributed by atoms with Gasteiger partial charge in [-0.25, -0.2) is 4.39 Å². The molecule has 0 radical (unpaired) electrons. The van der Waals surface area contributed by atoms with E-state index in [-0.39, 0.29) is 11.9 Å². The fourth-order valence-corrected chi connectivity index (χ4v) is 2.38.